The van der Waals surface area contributed by atoms with Crippen molar-refractivity contribution in [2.45, 2.75) is 44.2 Å². The van der Waals surface area contributed by atoms with Gasteiger partial charge < -0.3 is 15.9 Å². The first-order chi connectivity index (χ1) is 15.9. The van der Waals surface area contributed by atoms with Gasteiger partial charge in [0.1, 0.15) is 5.75 Å². The summed E-state index contributed by atoms with van der Waals surface area (Å²) in [5, 5.41) is 22.4. The number of carbonyl (C=O) groups is 5. The van der Waals surface area contributed by atoms with Gasteiger partial charge in [0, 0.05) is 9.49 Å². The Labute approximate surface area is 210 Å². The van der Waals surface area contributed by atoms with Gasteiger partial charge in [0.05, 0.1) is 17.5 Å². The summed E-state index contributed by atoms with van der Waals surface area (Å²) in [6.45, 7) is 1.94. The van der Waals surface area contributed by atoms with E-state index in [2.05, 4.69) is 22.6 Å². The minimum atomic E-state index is -2.69. The summed E-state index contributed by atoms with van der Waals surface area (Å²) in [6.07, 6.45) is 1.62. The van der Waals surface area contributed by atoms with Gasteiger partial charge in [-0.15, -0.1) is 0 Å². The van der Waals surface area contributed by atoms with Gasteiger partial charge in [-0.1, -0.05) is 13.3 Å². The molecule has 3 aliphatic rings. The Bertz CT molecular complexity index is 1150. The molecule has 0 heterocycles. The van der Waals surface area contributed by atoms with Crippen LogP contribution in [0.5, 0.6) is 5.75 Å². The number of Topliss-reactive ketones (excluding diaryl/α,β-unsaturated/α-hetero) is 4. The molecule has 0 radical (unpaired) electrons. The van der Waals surface area contributed by atoms with Crippen LogP contribution in [0.2, 0.25) is 0 Å². The number of amides is 1. The number of hydrogen-bond donors (Lipinski definition) is 3. The van der Waals surface area contributed by atoms with Gasteiger partial charge >= 0.3 is 0 Å². The van der Waals surface area contributed by atoms with Crippen molar-refractivity contribution in [1.29, 1.82) is 0 Å². The number of ketones is 4. The number of carbonyl (C=O) groups excluding carboxylic acids is 5. The van der Waals surface area contributed by atoms with Crippen molar-refractivity contribution >= 4 is 51.6 Å². The fraction of sp³-hybridized carbons (Fsp3) is 0.542. The first-order valence-corrected chi connectivity index (χ1v) is 12.3. The van der Waals surface area contributed by atoms with Crippen molar-refractivity contribution in [3.8, 4) is 5.75 Å². The average molecular weight is 582 g/mol. The van der Waals surface area contributed by atoms with E-state index in [4.69, 9.17) is 5.73 Å². The molecular weight excluding hydrogens is 555 g/mol. The van der Waals surface area contributed by atoms with Crippen LogP contribution in [-0.4, -0.2) is 69.9 Å². The molecule has 2 fully saturated rings. The van der Waals surface area contributed by atoms with Crippen LogP contribution in [0.15, 0.2) is 6.07 Å². The number of halogens is 1. The number of primary amides is 1. The minimum absolute atomic E-state index is 0.0530. The summed E-state index contributed by atoms with van der Waals surface area (Å²) in [4.78, 5) is 67.1. The molecule has 1 aromatic carbocycles. The number of aryl methyl sites for hydroxylation is 1. The Morgan fingerprint density at radius 2 is 1.88 bits per heavy atom. The molecule has 6 unspecified atom stereocenters. The molecule has 0 spiro atoms. The highest BCUT2D eigenvalue weighted by Gasteiger charge is 2.69. The Morgan fingerprint density at radius 3 is 2.44 bits per heavy atom. The molecule has 1 amide bonds. The average Bonchev–Trinajstić information content (AvgIpc) is 2.74. The maximum absolute atomic E-state index is 13.7. The Hall–Kier alpha value is -2.18. The van der Waals surface area contributed by atoms with Crippen LogP contribution in [0.3, 0.4) is 0 Å². The summed E-state index contributed by atoms with van der Waals surface area (Å²) in [5.41, 5.74) is 3.91. The molecule has 1 aromatic rings. The van der Waals surface area contributed by atoms with Crippen molar-refractivity contribution in [3.05, 3.63) is 26.3 Å². The number of hydrogen-bond acceptors (Lipinski definition) is 8. The maximum atomic E-state index is 13.7. The van der Waals surface area contributed by atoms with E-state index < -0.39 is 64.4 Å². The lowest BCUT2D eigenvalue weighted by atomic mass is 9.52. The molecule has 6 atom stereocenters. The first-order valence-electron chi connectivity index (χ1n) is 11.3. The van der Waals surface area contributed by atoms with E-state index in [1.54, 1.807) is 14.1 Å². The van der Waals surface area contributed by atoms with Crippen LogP contribution in [0.4, 0.5) is 0 Å². The lowest BCUT2D eigenvalue weighted by molar-refractivity contribution is -0.181. The SMILES string of the molecule is CCCc1cc(I)c2c(c1O)C(=O)C1C(=O)C3(O)C(=O)C(C(N)=O)C(=O)C(N(C)C)C3CC1C2. The highest BCUT2D eigenvalue weighted by atomic mass is 127. The Morgan fingerprint density at radius 1 is 1.24 bits per heavy atom. The topological polar surface area (TPSA) is 155 Å². The van der Waals surface area contributed by atoms with E-state index in [0.717, 1.165) is 9.99 Å². The van der Waals surface area contributed by atoms with E-state index in [1.807, 2.05) is 13.0 Å². The lowest BCUT2D eigenvalue weighted by Crippen LogP contribution is -2.74. The van der Waals surface area contributed by atoms with Crippen LogP contribution in [0, 0.1) is 27.2 Å². The number of aliphatic hydroxyl groups is 1. The molecule has 0 aromatic heterocycles. The molecule has 10 heteroatoms. The fourth-order valence-electron chi connectivity index (χ4n) is 6.14. The second kappa shape index (κ2) is 8.49. The molecule has 4 rings (SSSR count). The third-order valence-electron chi connectivity index (χ3n) is 7.61. The number of benzene rings is 1. The van der Waals surface area contributed by atoms with Crippen molar-refractivity contribution in [3.63, 3.8) is 0 Å². The predicted octanol–water partition coefficient (Wildman–Crippen LogP) is 0.424. The number of phenols is 1. The van der Waals surface area contributed by atoms with Crippen LogP contribution < -0.4 is 5.73 Å². The van der Waals surface area contributed by atoms with Crippen LogP contribution in [-0.2, 0) is 32.0 Å². The summed E-state index contributed by atoms with van der Waals surface area (Å²) in [7, 11) is 3.12. The molecule has 4 N–H and O–H groups in total. The van der Waals surface area contributed by atoms with Crippen molar-refractivity contribution < 1.29 is 34.2 Å². The molecule has 0 saturated heterocycles. The zero-order valence-electron chi connectivity index (χ0n) is 19.1. The van der Waals surface area contributed by atoms with Gasteiger partial charge in [0.2, 0.25) is 5.91 Å². The number of nitrogens with two attached hydrogens (primary N) is 1. The molecule has 3 aliphatic carbocycles. The van der Waals surface area contributed by atoms with Crippen molar-refractivity contribution in [2.75, 3.05) is 14.1 Å². The quantitative estimate of drug-likeness (QED) is 0.341. The number of aromatic hydroxyl groups is 1. The molecular formula is C24H27IN2O7. The highest BCUT2D eigenvalue weighted by molar-refractivity contribution is 14.1. The number of rotatable bonds is 4. The van der Waals surface area contributed by atoms with E-state index >= 15 is 0 Å². The summed E-state index contributed by atoms with van der Waals surface area (Å²) >= 11 is 2.11. The predicted molar refractivity (Wildman–Crippen MR) is 128 cm³/mol. The molecule has 2 saturated carbocycles. The monoisotopic (exact) mass is 582 g/mol. The van der Waals surface area contributed by atoms with Gasteiger partial charge in [-0.2, -0.15) is 0 Å². The Kier molecular flexibility index (Phi) is 6.22. The first kappa shape index (κ1) is 24.9. The second-order valence-electron chi connectivity index (χ2n) is 9.76. The Balaban J connectivity index is 1.87. The zero-order chi connectivity index (χ0) is 25.3. The summed E-state index contributed by atoms with van der Waals surface area (Å²) in [6, 6.07) is 0.738. The van der Waals surface area contributed by atoms with Crippen LogP contribution in [0.1, 0.15) is 41.3 Å². The van der Waals surface area contributed by atoms with E-state index in [1.165, 1.54) is 4.90 Å². The third kappa shape index (κ3) is 3.29. The van der Waals surface area contributed by atoms with E-state index in [-0.39, 0.29) is 24.2 Å². The molecule has 0 bridgehead atoms. The maximum Gasteiger partial charge on any atom is 0.235 e. The molecule has 9 nitrogen and oxygen atoms in total. The van der Waals surface area contributed by atoms with E-state index in [9.17, 15) is 34.2 Å². The summed E-state index contributed by atoms with van der Waals surface area (Å²) in [5.74, 6) is -10.1. The smallest absolute Gasteiger partial charge is 0.235 e. The van der Waals surface area contributed by atoms with Gasteiger partial charge in [0.15, 0.2) is 34.7 Å². The highest BCUT2D eigenvalue weighted by Crippen LogP contribution is 2.51. The van der Waals surface area contributed by atoms with Gasteiger partial charge in [-0.3, -0.25) is 28.9 Å². The number of likely N-dealkylation sites (N-methyl/N-ethyl adjacent to an activating group) is 1. The standard InChI is InChI=1S/C24H27IN2O7/c1-4-5-9-8-13(25)11-6-10-7-12-17(27(2)3)20(30)16(23(26)33)22(32)24(12,34)21(31)14(10)19(29)15(11)18(9)28/h8,10,12,14,16-17,28,34H,4-7H2,1-3H3,(H2,26,33). The zero-order valence-corrected chi connectivity index (χ0v) is 21.3. The number of nitrogens with zero attached hydrogens (tertiary/aromatic N) is 1. The lowest BCUT2D eigenvalue weighted by Gasteiger charge is -2.52. The second-order valence-corrected chi connectivity index (χ2v) is 10.9. The summed E-state index contributed by atoms with van der Waals surface area (Å²) < 4.78 is 0.794. The fourth-order valence-corrected chi connectivity index (χ4v) is 7.00. The number of fused-ring (bicyclic) bond motifs is 3. The number of phenolic OH excluding ortho intramolecular Hbond substituents is 1. The van der Waals surface area contributed by atoms with E-state index in [0.29, 0.717) is 17.5 Å². The minimum Gasteiger partial charge on any atom is -0.507 e. The van der Waals surface area contributed by atoms with Crippen LogP contribution in [0.25, 0.3) is 0 Å². The van der Waals surface area contributed by atoms with Gasteiger partial charge in [-0.25, -0.2) is 0 Å². The normalized spacial score (nSPS) is 32.9. The van der Waals surface area contributed by atoms with Gasteiger partial charge in [-0.05, 0) is 79.1 Å². The molecule has 0 aliphatic heterocycles. The molecule has 182 valence electrons. The van der Waals surface area contributed by atoms with Crippen LogP contribution >= 0.6 is 22.6 Å². The van der Waals surface area contributed by atoms with Gasteiger partial charge in [0.25, 0.3) is 0 Å². The third-order valence-corrected chi connectivity index (χ3v) is 8.57. The largest absolute Gasteiger partial charge is 0.507 e. The molecule has 34 heavy (non-hydrogen) atoms. The van der Waals surface area contributed by atoms with Crippen molar-refractivity contribution in [1.82, 2.24) is 4.90 Å². The van der Waals surface area contributed by atoms with Crippen molar-refractivity contribution in [2.24, 2.45) is 29.4 Å².